The first kappa shape index (κ1) is 13.5. The minimum Gasteiger partial charge on any atom is -0.383 e. The van der Waals surface area contributed by atoms with Gasteiger partial charge in [0.1, 0.15) is 22.4 Å². The molecule has 0 bridgehead atoms. The average Bonchev–Trinajstić information content (AvgIpc) is 2.44. The predicted molar refractivity (Wildman–Crippen MR) is 80.9 cm³/mol. The first-order valence-corrected chi connectivity index (χ1v) is 7.12. The maximum absolute atomic E-state index is 6.09. The number of pyridine rings is 1. The van der Waals surface area contributed by atoms with Gasteiger partial charge >= 0.3 is 0 Å². The highest BCUT2D eigenvalue weighted by molar-refractivity contribution is 7.71. The van der Waals surface area contributed by atoms with Gasteiger partial charge in [-0.15, -0.1) is 0 Å². The molecular weight excluding hydrogens is 272 g/mol. The van der Waals surface area contributed by atoms with E-state index in [1.165, 1.54) is 6.33 Å². The van der Waals surface area contributed by atoms with E-state index < -0.39 is 0 Å². The third-order valence-corrected chi connectivity index (χ3v) is 4.79. The predicted octanol–water partition coefficient (Wildman–Crippen LogP) is 2.52. The van der Waals surface area contributed by atoms with E-state index in [2.05, 4.69) is 23.8 Å². The number of aromatic nitrogens is 3. The first-order chi connectivity index (χ1) is 9.47. The summed E-state index contributed by atoms with van der Waals surface area (Å²) in [7, 11) is 1.91. The molecule has 0 radical (unpaired) electrons. The van der Waals surface area contributed by atoms with Crippen LogP contribution in [0.5, 0.6) is 0 Å². The molecule has 3 rings (SSSR count). The Hall–Kier alpha value is -1.53. The monoisotopic (exact) mass is 290 g/mol. The molecule has 0 spiro atoms. The Bertz CT molecular complexity index is 755. The van der Waals surface area contributed by atoms with E-state index in [0.29, 0.717) is 12.4 Å². The molecule has 1 aliphatic rings. The maximum Gasteiger partial charge on any atom is 0.146 e. The number of ether oxygens (including phenoxy) is 1. The molecule has 2 N–H and O–H groups in total. The zero-order valence-corrected chi connectivity index (χ0v) is 12.8. The topological polar surface area (TPSA) is 66.0 Å². The van der Waals surface area contributed by atoms with Crippen molar-refractivity contribution in [2.75, 3.05) is 5.73 Å². The van der Waals surface area contributed by atoms with Gasteiger partial charge in [-0.3, -0.25) is 0 Å². The van der Waals surface area contributed by atoms with Gasteiger partial charge in [0.2, 0.25) is 0 Å². The number of rotatable bonds is 1. The van der Waals surface area contributed by atoms with Crippen molar-refractivity contribution >= 4 is 29.1 Å². The Morgan fingerprint density at radius 3 is 2.90 bits per heavy atom. The molecule has 0 saturated carbocycles. The number of nitrogen functional groups attached to an aromatic ring is 1. The Balaban J connectivity index is 2.40. The lowest BCUT2D eigenvalue weighted by molar-refractivity contribution is -0.0563. The standard InChI is InChI=1S/C14H18N4OS/c1-4-14(2)5-8-9(6-19-14)13(20)18(3)12-10(8)11(15)16-7-17-12/h7H,4-6H2,1-3H3,(H2,15,16,17)/t14-/m1/s1. The molecule has 0 aromatic carbocycles. The molecule has 2 aromatic heterocycles. The number of fused-ring (bicyclic) bond motifs is 3. The number of hydrogen-bond donors (Lipinski definition) is 1. The molecule has 5 nitrogen and oxygen atoms in total. The summed E-state index contributed by atoms with van der Waals surface area (Å²) in [4.78, 5) is 8.49. The van der Waals surface area contributed by atoms with Crippen LogP contribution in [0.1, 0.15) is 31.4 Å². The summed E-state index contributed by atoms with van der Waals surface area (Å²) in [6, 6.07) is 0. The van der Waals surface area contributed by atoms with Gasteiger partial charge in [-0.25, -0.2) is 9.97 Å². The SMILES string of the molecule is CC[C@]1(C)Cc2c(c(=S)n(C)c3ncnc(N)c23)CO1. The molecule has 0 aliphatic carbocycles. The van der Waals surface area contributed by atoms with Crippen molar-refractivity contribution < 1.29 is 4.74 Å². The fraction of sp³-hybridized carbons (Fsp3) is 0.500. The van der Waals surface area contributed by atoms with Crippen molar-refractivity contribution in [3.63, 3.8) is 0 Å². The number of anilines is 1. The molecule has 1 atom stereocenters. The van der Waals surface area contributed by atoms with E-state index in [0.717, 1.165) is 39.6 Å². The van der Waals surface area contributed by atoms with Gasteiger partial charge in [0.25, 0.3) is 0 Å². The molecule has 6 heteroatoms. The van der Waals surface area contributed by atoms with Crippen LogP contribution in [0.15, 0.2) is 6.33 Å². The van der Waals surface area contributed by atoms with Crippen LogP contribution in [0.2, 0.25) is 0 Å². The molecule has 2 aromatic rings. The van der Waals surface area contributed by atoms with Gasteiger partial charge in [-0.2, -0.15) is 0 Å². The number of hydrogen-bond acceptors (Lipinski definition) is 5. The van der Waals surface area contributed by atoms with Crippen molar-refractivity contribution in [1.29, 1.82) is 0 Å². The van der Waals surface area contributed by atoms with Gasteiger partial charge < -0.3 is 15.0 Å². The quantitative estimate of drug-likeness (QED) is 0.818. The van der Waals surface area contributed by atoms with Gasteiger partial charge in [0, 0.05) is 19.0 Å². The summed E-state index contributed by atoms with van der Waals surface area (Å²) in [5, 5.41) is 0.918. The summed E-state index contributed by atoms with van der Waals surface area (Å²) >= 11 is 5.54. The van der Waals surface area contributed by atoms with E-state index in [9.17, 15) is 0 Å². The van der Waals surface area contributed by atoms with Crippen LogP contribution in [-0.4, -0.2) is 20.1 Å². The number of aryl methyl sites for hydroxylation is 1. The van der Waals surface area contributed by atoms with Crippen LogP contribution >= 0.6 is 12.2 Å². The van der Waals surface area contributed by atoms with Gasteiger partial charge in [0.05, 0.1) is 17.6 Å². The minimum absolute atomic E-state index is 0.177. The van der Waals surface area contributed by atoms with Crippen LogP contribution in [0.25, 0.3) is 11.0 Å². The number of nitrogens with two attached hydrogens (primary N) is 1. The van der Waals surface area contributed by atoms with Gasteiger partial charge in [0.15, 0.2) is 0 Å². The van der Waals surface area contributed by atoms with Crippen LogP contribution < -0.4 is 5.73 Å². The fourth-order valence-electron chi connectivity index (χ4n) is 2.75. The second-order valence-electron chi connectivity index (χ2n) is 5.55. The molecule has 1 aliphatic heterocycles. The highest BCUT2D eigenvalue weighted by Crippen LogP contribution is 2.36. The smallest absolute Gasteiger partial charge is 0.146 e. The maximum atomic E-state index is 6.09. The van der Waals surface area contributed by atoms with E-state index in [1.54, 1.807) is 0 Å². The van der Waals surface area contributed by atoms with Gasteiger partial charge in [-0.1, -0.05) is 19.1 Å². The molecule has 106 valence electrons. The van der Waals surface area contributed by atoms with E-state index in [-0.39, 0.29) is 5.60 Å². The Kier molecular flexibility index (Phi) is 3.02. The third-order valence-electron chi connectivity index (χ3n) is 4.27. The van der Waals surface area contributed by atoms with Crippen LogP contribution in [0.4, 0.5) is 5.82 Å². The summed E-state index contributed by atoms with van der Waals surface area (Å²) in [6.45, 7) is 4.78. The largest absolute Gasteiger partial charge is 0.383 e. The van der Waals surface area contributed by atoms with Crippen LogP contribution in [0.3, 0.4) is 0 Å². The van der Waals surface area contributed by atoms with Crippen molar-refractivity contribution in [3.05, 3.63) is 22.1 Å². The summed E-state index contributed by atoms with van der Waals surface area (Å²) in [5.41, 5.74) is 8.90. The zero-order valence-electron chi connectivity index (χ0n) is 11.9. The highest BCUT2D eigenvalue weighted by atomic mass is 32.1. The lowest BCUT2D eigenvalue weighted by Crippen LogP contribution is -2.35. The minimum atomic E-state index is -0.177. The average molecular weight is 290 g/mol. The number of nitrogens with zero attached hydrogens (tertiary/aromatic N) is 3. The summed E-state index contributed by atoms with van der Waals surface area (Å²) in [5.74, 6) is 0.511. The normalized spacial score (nSPS) is 21.9. The lowest BCUT2D eigenvalue weighted by atomic mass is 9.87. The zero-order chi connectivity index (χ0) is 14.5. The van der Waals surface area contributed by atoms with E-state index >= 15 is 0 Å². The first-order valence-electron chi connectivity index (χ1n) is 6.71. The molecule has 0 amide bonds. The van der Waals surface area contributed by atoms with E-state index in [4.69, 9.17) is 22.7 Å². The Labute approximate surface area is 122 Å². The fourth-order valence-corrected chi connectivity index (χ4v) is 3.02. The van der Waals surface area contributed by atoms with E-state index in [1.807, 2.05) is 11.6 Å². The molecule has 20 heavy (non-hydrogen) atoms. The van der Waals surface area contributed by atoms with Crippen molar-refractivity contribution in [2.45, 2.75) is 38.9 Å². The molecule has 0 saturated heterocycles. The lowest BCUT2D eigenvalue weighted by Gasteiger charge is -2.35. The summed E-state index contributed by atoms with van der Waals surface area (Å²) in [6.07, 6.45) is 3.21. The third kappa shape index (κ3) is 1.83. The van der Waals surface area contributed by atoms with Crippen LogP contribution in [-0.2, 0) is 24.8 Å². The summed E-state index contributed by atoms with van der Waals surface area (Å²) < 4.78 is 8.66. The van der Waals surface area contributed by atoms with Crippen LogP contribution in [0, 0.1) is 4.64 Å². The van der Waals surface area contributed by atoms with Crippen molar-refractivity contribution in [2.24, 2.45) is 7.05 Å². The van der Waals surface area contributed by atoms with Gasteiger partial charge in [-0.05, 0) is 18.9 Å². The highest BCUT2D eigenvalue weighted by Gasteiger charge is 2.32. The van der Waals surface area contributed by atoms with Crippen molar-refractivity contribution in [3.8, 4) is 0 Å². The molecule has 0 unspecified atom stereocenters. The molecule has 0 fully saturated rings. The Morgan fingerprint density at radius 1 is 1.45 bits per heavy atom. The molecule has 3 heterocycles. The van der Waals surface area contributed by atoms with Crippen molar-refractivity contribution in [1.82, 2.24) is 14.5 Å². The Morgan fingerprint density at radius 2 is 2.20 bits per heavy atom. The molecular formula is C14H18N4OS. The second-order valence-corrected chi connectivity index (χ2v) is 5.93. The second kappa shape index (κ2) is 4.49.